The molecule has 0 bridgehead atoms. The molecule has 0 spiro atoms. The predicted octanol–water partition coefficient (Wildman–Crippen LogP) is 3.94. The van der Waals surface area contributed by atoms with E-state index in [1.54, 1.807) is 0 Å². The van der Waals surface area contributed by atoms with Gasteiger partial charge in [-0.1, -0.05) is 55.0 Å². The monoisotopic (exact) mass is 393 g/mol. The first kappa shape index (κ1) is 19.6. The predicted molar refractivity (Wildman–Crippen MR) is 110 cm³/mol. The normalized spacial score (nSPS) is 17.3. The summed E-state index contributed by atoms with van der Waals surface area (Å²) in [5.74, 6) is -1.00. The summed E-state index contributed by atoms with van der Waals surface area (Å²) in [5, 5.41) is 0. The van der Waals surface area contributed by atoms with E-state index in [1.807, 2.05) is 24.3 Å². The van der Waals surface area contributed by atoms with Gasteiger partial charge in [-0.05, 0) is 47.9 Å². The van der Waals surface area contributed by atoms with Crippen LogP contribution in [0.3, 0.4) is 0 Å². The smallest absolute Gasteiger partial charge is 0.323 e. The average molecular weight is 393 g/mol. The number of carbonyl (C=O) groups excluding carboxylic acids is 2. The Morgan fingerprint density at radius 3 is 2.14 bits per heavy atom. The van der Waals surface area contributed by atoms with Crippen LogP contribution in [-0.4, -0.2) is 30.7 Å². The van der Waals surface area contributed by atoms with Gasteiger partial charge in [-0.15, -0.1) is 0 Å². The molecule has 2 aliphatic rings. The highest BCUT2D eigenvalue weighted by Crippen LogP contribution is 2.44. The first-order valence-corrected chi connectivity index (χ1v) is 10.4. The number of nitrogens with two attached hydrogens (primary N) is 1. The van der Waals surface area contributed by atoms with E-state index in [2.05, 4.69) is 24.3 Å². The summed E-state index contributed by atoms with van der Waals surface area (Å²) >= 11 is 0. The molecule has 152 valence electrons. The molecular weight excluding hydrogens is 366 g/mol. The fraction of sp³-hybridized carbons (Fsp3) is 0.417. The van der Waals surface area contributed by atoms with Crippen LogP contribution in [0, 0.1) is 0 Å². The van der Waals surface area contributed by atoms with Gasteiger partial charge in [0.25, 0.3) is 0 Å². The van der Waals surface area contributed by atoms with Crippen LogP contribution in [0.25, 0.3) is 11.1 Å². The Morgan fingerprint density at radius 2 is 1.52 bits per heavy atom. The highest BCUT2D eigenvalue weighted by Gasteiger charge is 2.30. The molecule has 0 heterocycles. The van der Waals surface area contributed by atoms with Crippen LogP contribution >= 0.6 is 0 Å². The Balaban J connectivity index is 1.34. The van der Waals surface area contributed by atoms with Crippen molar-refractivity contribution in [2.75, 3.05) is 6.61 Å². The van der Waals surface area contributed by atoms with Gasteiger partial charge in [0.1, 0.15) is 18.8 Å². The van der Waals surface area contributed by atoms with E-state index in [0.29, 0.717) is 0 Å². The molecule has 4 rings (SSSR count). The van der Waals surface area contributed by atoms with Crippen LogP contribution < -0.4 is 5.73 Å². The molecule has 2 aromatic carbocycles. The Hall–Kier alpha value is -2.66. The fourth-order valence-electron chi connectivity index (χ4n) is 4.39. The molecule has 1 fully saturated rings. The van der Waals surface area contributed by atoms with Gasteiger partial charge in [-0.25, -0.2) is 0 Å². The highest BCUT2D eigenvalue weighted by atomic mass is 16.5. The van der Waals surface area contributed by atoms with Crippen LogP contribution in [0.4, 0.5) is 0 Å². The molecule has 5 nitrogen and oxygen atoms in total. The van der Waals surface area contributed by atoms with Crippen LogP contribution in [0.1, 0.15) is 55.6 Å². The van der Waals surface area contributed by atoms with Crippen LogP contribution in [0.15, 0.2) is 48.5 Å². The van der Waals surface area contributed by atoms with Crippen molar-refractivity contribution in [1.29, 1.82) is 0 Å². The van der Waals surface area contributed by atoms with Gasteiger partial charge in [-0.3, -0.25) is 9.59 Å². The molecule has 1 saturated carbocycles. The third-order valence-corrected chi connectivity index (χ3v) is 5.89. The molecule has 29 heavy (non-hydrogen) atoms. The summed E-state index contributed by atoms with van der Waals surface area (Å²) in [4.78, 5) is 24.5. The zero-order valence-electron chi connectivity index (χ0n) is 16.5. The summed E-state index contributed by atoms with van der Waals surface area (Å²) < 4.78 is 11.0. The molecule has 5 heteroatoms. The molecule has 2 aliphatic carbocycles. The van der Waals surface area contributed by atoms with Crippen LogP contribution in [0.2, 0.25) is 0 Å². The molecule has 2 N–H and O–H groups in total. The van der Waals surface area contributed by atoms with Crippen molar-refractivity contribution in [2.45, 2.75) is 56.6 Å². The summed E-state index contributed by atoms with van der Waals surface area (Å²) in [5.41, 5.74) is 10.6. The minimum absolute atomic E-state index is 0.0206. The third kappa shape index (κ3) is 4.35. The minimum atomic E-state index is -1.00. The molecule has 0 unspecified atom stereocenters. The van der Waals surface area contributed by atoms with E-state index >= 15 is 0 Å². The van der Waals surface area contributed by atoms with Gasteiger partial charge in [0, 0.05) is 5.92 Å². The van der Waals surface area contributed by atoms with Gasteiger partial charge in [0.05, 0.1) is 6.42 Å². The second-order valence-electron chi connectivity index (χ2n) is 7.92. The number of esters is 2. The van der Waals surface area contributed by atoms with Crippen molar-refractivity contribution in [3.63, 3.8) is 0 Å². The zero-order valence-corrected chi connectivity index (χ0v) is 16.5. The highest BCUT2D eigenvalue weighted by molar-refractivity contribution is 5.83. The summed E-state index contributed by atoms with van der Waals surface area (Å²) in [6, 6.07) is 15.3. The molecule has 2 aromatic rings. The Morgan fingerprint density at radius 1 is 0.931 bits per heavy atom. The van der Waals surface area contributed by atoms with Crippen LogP contribution in [-0.2, 0) is 19.1 Å². The second kappa shape index (κ2) is 8.78. The van der Waals surface area contributed by atoms with Crippen molar-refractivity contribution < 1.29 is 19.1 Å². The van der Waals surface area contributed by atoms with Crippen molar-refractivity contribution in [3.05, 3.63) is 59.7 Å². The first-order chi connectivity index (χ1) is 14.1. The van der Waals surface area contributed by atoms with Gasteiger partial charge in [-0.2, -0.15) is 0 Å². The fourth-order valence-corrected chi connectivity index (χ4v) is 4.39. The lowest BCUT2D eigenvalue weighted by atomic mass is 9.98. The summed E-state index contributed by atoms with van der Waals surface area (Å²) in [7, 11) is 0. The molecule has 0 amide bonds. The largest absolute Gasteiger partial charge is 0.464 e. The lowest BCUT2D eigenvalue weighted by Crippen LogP contribution is -2.36. The summed E-state index contributed by atoms with van der Waals surface area (Å²) in [6.07, 6.45) is 4.96. The number of rotatable bonds is 6. The lowest BCUT2D eigenvalue weighted by molar-refractivity contribution is -0.156. The van der Waals surface area contributed by atoms with Crippen molar-refractivity contribution in [1.82, 2.24) is 0 Å². The number of hydrogen-bond donors (Lipinski definition) is 1. The van der Waals surface area contributed by atoms with Crippen LogP contribution in [0.5, 0.6) is 0 Å². The van der Waals surface area contributed by atoms with E-state index in [4.69, 9.17) is 15.2 Å². The Kier molecular flexibility index (Phi) is 5.95. The van der Waals surface area contributed by atoms with E-state index < -0.39 is 18.0 Å². The van der Waals surface area contributed by atoms with Gasteiger partial charge in [0.2, 0.25) is 0 Å². The maximum Gasteiger partial charge on any atom is 0.323 e. The Bertz CT molecular complexity index is 842. The third-order valence-electron chi connectivity index (χ3n) is 5.89. The number of ether oxygens (including phenoxy) is 2. The maximum atomic E-state index is 12.4. The van der Waals surface area contributed by atoms with Crippen molar-refractivity contribution >= 4 is 11.9 Å². The average Bonchev–Trinajstić information content (AvgIpc) is 3.06. The van der Waals surface area contributed by atoms with E-state index in [-0.39, 0.29) is 25.0 Å². The number of hydrogen-bond acceptors (Lipinski definition) is 5. The van der Waals surface area contributed by atoms with Gasteiger partial charge >= 0.3 is 11.9 Å². The number of carbonyl (C=O) groups is 2. The zero-order chi connectivity index (χ0) is 20.2. The van der Waals surface area contributed by atoms with E-state index in [9.17, 15) is 9.59 Å². The molecule has 0 radical (unpaired) electrons. The number of benzene rings is 2. The quantitative estimate of drug-likeness (QED) is 0.752. The Labute approximate surface area is 171 Å². The molecule has 0 aliphatic heterocycles. The lowest BCUT2D eigenvalue weighted by Gasteiger charge is -2.22. The SMILES string of the molecule is N[C@@H](CC(=O)OC1CCCCC1)C(=O)OCC1c2ccccc2-c2ccccc21. The van der Waals surface area contributed by atoms with Gasteiger partial charge in [0.15, 0.2) is 0 Å². The molecular formula is C24H27NO4. The van der Waals surface area contributed by atoms with Gasteiger partial charge < -0.3 is 15.2 Å². The standard InChI is InChI=1S/C24H27NO4/c25-22(14-23(26)29-16-8-2-1-3-9-16)24(27)28-15-21-19-12-6-4-10-17(19)18-11-5-7-13-20(18)21/h4-7,10-13,16,21-22H,1-3,8-9,14-15,25H2/t22-/m0/s1. The molecule has 1 atom stereocenters. The minimum Gasteiger partial charge on any atom is -0.464 e. The topological polar surface area (TPSA) is 78.6 Å². The first-order valence-electron chi connectivity index (χ1n) is 10.4. The van der Waals surface area contributed by atoms with Crippen molar-refractivity contribution in [2.24, 2.45) is 5.73 Å². The van der Waals surface area contributed by atoms with E-state index in [1.165, 1.54) is 17.5 Å². The van der Waals surface area contributed by atoms with E-state index in [0.717, 1.165) is 36.8 Å². The molecule has 0 saturated heterocycles. The second-order valence-corrected chi connectivity index (χ2v) is 7.92. The maximum absolute atomic E-state index is 12.4. The number of fused-ring (bicyclic) bond motifs is 3. The summed E-state index contributed by atoms with van der Waals surface area (Å²) in [6.45, 7) is 0.207. The molecule has 0 aromatic heterocycles. The van der Waals surface area contributed by atoms with Crippen molar-refractivity contribution in [3.8, 4) is 11.1 Å².